The molecule has 0 saturated carbocycles. The number of aliphatic hydroxyl groups is 1. The van der Waals surface area contributed by atoms with Crippen molar-refractivity contribution in [3.05, 3.63) is 12.1 Å². The first-order chi connectivity index (χ1) is 7.39. The molecule has 0 aromatic rings. The second-order valence-electron chi connectivity index (χ2n) is 5.27. The van der Waals surface area contributed by atoms with Gasteiger partial charge >= 0.3 is 7.12 Å². The van der Waals surface area contributed by atoms with Crippen molar-refractivity contribution < 1.29 is 14.4 Å². The van der Waals surface area contributed by atoms with Gasteiger partial charge < -0.3 is 14.4 Å². The summed E-state index contributed by atoms with van der Waals surface area (Å²) in [5.74, 6) is 1.97. The van der Waals surface area contributed by atoms with Crippen LogP contribution in [0.2, 0.25) is 0 Å². The van der Waals surface area contributed by atoms with Crippen LogP contribution in [-0.2, 0) is 9.31 Å². The molecule has 16 heavy (non-hydrogen) atoms. The van der Waals surface area contributed by atoms with Gasteiger partial charge in [-0.05, 0) is 47.0 Å². The van der Waals surface area contributed by atoms with Crippen LogP contribution in [0.3, 0.4) is 0 Å². The average molecular weight is 226 g/mol. The highest BCUT2D eigenvalue weighted by molar-refractivity contribution is 6.51. The molecule has 3 nitrogen and oxygen atoms in total. The van der Waals surface area contributed by atoms with Crippen molar-refractivity contribution in [2.24, 2.45) is 0 Å². The van der Waals surface area contributed by atoms with Gasteiger partial charge in [-0.1, -0.05) is 12.1 Å². The smallest absolute Gasteiger partial charge is 0.400 e. The van der Waals surface area contributed by atoms with Crippen LogP contribution in [-0.4, -0.2) is 30.0 Å². The molecule has 0 bridgehead atoms. The fraction of sp³-hybridized carbons (Fsp3) is 0.833. The van der Waals surface area contributed by atoms with Gasteiger partial charge in [0.1, 0.15) is 0 Å². The molecule has 1 heterocycles. The summed E-state index contributed by atoms with van der Waals surface area (Å²) in [6.07, 6.45) is 4.89. The van der Waals surface area contributed by atoms with E-state index in [2.05, 4.69) is 6.08 Å². The molecule has 0 unspecified atom stereocenters. The molecule has 1 saturated heterocycles. The highest BCUT2D eigenvalue weighted by Gasteiger charge is 2.49. The Morgan fingerprint density at radius 1 is 1.06 bits per heavy atom. The predicted molar refractivity (Wildman–Crippen MR) is 66.2 cm³/mol. The maximum atomic E-state index is 8.64. The lowest BCUT2D eigenvalue weighted by Crippen LogP contribution is -2.41. The van der Waals surface area contributed by atoms with E-state index in [4.69, 9.17) is 14.4 Å². The van der Waals surface area contributed by atoms with Crippen molar-refractivity contribution in [3.8, 4) is 0 Å². The summed E-state index contributed by atoms with van der Waals surface area (Å²) in [5.41, 5.74) is -0.514. The molecular formula is C12H23BO3. The van der Waals surface area contributed by atoms with Crippen molar-refractivity contribution in [2.45, 2.75) is 58.2 Å². The number of aliphatic hydroxyl groups excluding tert-OH is 1. The van der Waals surface area contributed by atoms with Crippen molar-refractivity contribution in [1.29, 1.82) is 0 Å². The van der Waals surface area contributed by atoms with Crippen LogP contribution < -0.4 is 0 Å². The second kappa shape index (κ2) is 5.34. The first-order valence-corrected chi connectivity index (χ1v) is 6.02. The summed E-state index contributed by atoms with van der Waals surface area (Å²) in [6.45, 7) is 8.46. The van der Waals surface area contributed by atoms with E-state index >= 15 is 0 Å². The first-order valence-electron chi connectivity index (χ1n) is 6.02. The van der Waals surface area contributed by atoms with E-state index in [0.717, 1.165) is 19.3 Å². The first kappa shape index (κ1) is 13.7. The fourth-order valence-electron chi connectivity index (χ4n) is 1.55. The maximum absolute atomic E-state index is 8.64. The molecule has 0 aromatic carbocycles. The predicted octanol–water partition coefficient (Wildman–Crippen LogP) is 2.34. The van der Waals surface area contributed by atoms with Gasteiger partial charge in [-0.15, -0.1) is 0 Å². The zero-order valence-electron chi connectivity index (χ0n) is 10.8. The summed E-state index contributed by atoms with van der Waals surface area (Å²) < 4.78 is 11.6. The second-order valence-corrected chi connectivity index (χ2v) is 5.27. The standard InChI is InChI=1S/C12H23BO3/c1-11(2)12(3,4)16-13(15-11)9-7-5-6-8-10-14/h7,9,14H,5-6,8,10H2,1-4H3/b9-7+. The van der Waals surface area contributed by atoms with E-state index in [-0.39, 0.29) is 24.9 Å². The van der Waals surface area contributed by atoms with E-state index in [1.807, 2.05) is 33.7 Å². The van der Waals surface area contributed by atoms with E-state index in [0.29, 0.717) is 0 Å². The SMILES string of the molecule is CC1(C)OB(/C=C/CCCCO)OC1(C)C. The number of hydrogen-bond acceptors (Lipinski definition) is 3. The number of hydrogen-bond donors (Lipinski definition) is 1. The molecule has 1 aliphatic rings. The van der Waals surface area contributed by atoms with Crippen molar-refractivity contribution in [1.82, 2.24) is 0 Å². The van der Waals surface area contributed by atoms with Crippen LogP contribution in [0.1, 0.15) is 47.0 Å². The Hall–Kier alpha value is -0.315. The van der Waals surface area contributed by atoms with E-state index in [1.54, 1.807) is 0 Å². The minimum absolute atomic E-state index is 0.237. The molecule has 0 radical (unpaired) electrons. The Bertz CT molecular complexity index is 233. The quantitative estimate of drug-likeness (QED) is 0.577. The third-order valence-electron chi connectivity index (χ3n) is 3.34. The molecule has 0 spiro atoms. The summed E-state index contributed by atoms with van der Waals surface area (Å²) in [6, 6.07) is 0. The monoisotopic (exact) mass is 226 g/mol. The van der Waals surface area contributed by atoms with Crippen LogP contribution in [0.5, 0.6) is 0 Å². The Kier molecular flexibility index (Phi) is 4.59. The molecular weight excluding hydrogens is 203 g/mol. The molecule has 92 valence electrons. The van der Waals surface area contributed by atoms with Crippen molar-refractivity contribution in [2.75, 3.05) is 6.61 Å². The number of rotatable bonds is 5. The molecule has 0 atom stereocenters. The molecule has 4 heteroatoms. The minimum Gasteiger partial charge on any atom is -0.400 e. The van der Waals surface area contributed by atoms with Gasteiger partial charge in [-0.2, -0.15) is 0 Å². The Morgan fingerprint density at radius 3 is 2.12 bits per heavy atom. The maximum Gasteiger partial charge on any atom is 0.486 e. The molecule has 1 fully saturated rings. The lowest BCUT2D eigenvalue weighted by Gasteiger charge is -2.32. The Labute approximate surface area is 99.0 Å². The topological polar surface area (TPSA) is 38.7 Å². The summed E-state index contributed by atoms with van der Waals surface area (Å²) in [4.78, 5) is 0. The third-order valence-corrected chi connectivity index (χ3v) is 3.34. The van der Waals surface area contributed by atoms with Crippen LogP contribution >= 0.6 is 0 Å². The summed E-state index contributed by atoms with van der Waals surface area (Å²) in [7, 11) is -0.237. The molecule has 0 aliphatic carbocycles. The fourth-order valence-corrected chi connectivity index (χ4v) is 1.55. The molecule has 1 aliphatic heterocycles. The lowest BCUT2D eigenvalue weighted by atomic mass is 9.89. The summed E-state index contributed by atoms with van der Waals surface area (Å²) >= 11 is 0. The van der Waals surface area contributed by atoms with Gasteiger partial charge in [-0.25, -0.2) is 0 Å². The van der Waals surface area contributed by atoms with Gasteiger partial charge in [-0.3, -0.25) is 0 Å². The van der Waals surface area contributed by atoms with Gasteiger partial charge in [0.2, 0.25) is 0 Å². The van der Waals surface area contributed by atoms with Crippen molar-refractivity contribution >= 4 is 7.12 Å². The highest BCUT2D eigenvalue weighted by atomic mass is 16.7. The van der Waals surface area contributed by atoms with Crippen LogP contribution in [0.25, 0.3) is 0 Å². The Balaban J connectivity index is 2.36. The number of unbranched alkanes of at least 4 members (excludes halogenated alkanes) is 2. The highest BCUT2D eigenvalue weighted by Crippen LogP contribution is 2.36. The Morgan fingerprint density at radius 2 is 1.62 bits per heavy atom. The average Bonchev–Trinajstić information content (AvgIpc) is 2.35. The third kappa shape index (κ3) is 3.34. The zero-order chi connectivity index (χ0) is 12.2. The van der Waals surface area contributed by atoms with Gasteiger partial charge in [0.15, 0.2) is 0 Å². The van der Waals surface area contributed by atoms with Gasteiger partial charge in [0.25, 0.3) is 0 Å². The lowest BCUT2D eigenvalue weighted by molar-refractivity contribution is 0.00578. The van der Waals surface area contributed by atoms with Gasteiger partial charge in [0.05, 0.1) is 11.2 Å². The molecule has 1 rings (SSSR count). The minimum atomic E-state index is -0.257. The van der Waals surface area contributed by atoms with Crippen LogP contribution in [0, 0.1) is 0 Å². The van der Waals surface area contributed by atoms with Crippen molar-refractivity contribution in [3.63, 3.8) is 0 Å². The molecule has 0 aromatic heterocycles. The van der Waals surface area contributed by atoms with Gasteiger partial charge in [0, 0.05) is 6.61 Å². The normalized spacial score (nSPS) is 23.2. The van der Waals surface area contributed by atoms with E-state index in [1.165, 1.54) is 0 Å². The summed E-state index contributed by atoms with van der Waals surface area (Å²) in [5, 5.41) is 8.64. The molecule has 0 amide bonds. The van der Waals surface area contributed by atoms with E-state index < -0.39 is 0 Å². The number of allylic oxidation sites excluding steroid dienone is 1. The largest absolute Gasteiger partial charge is 0.486 e. The van der Waals surface area contributed by atoms with Crippen LogP contribution in [0.15, 0.2) is 12.1 Å². The van der Waals surface area contributed by atoms with E-state index in [9.17, 15) is 0 Å². The van der Waals surface area contributed by atoms with Crippen LogP contribution in [0.4, 0.5) is 0 Å². The molecule has 1 N–H and O–H groups in total. The zero-order valence-corrected chi connectivity index (χ0v) is 10.8.